The molecule has 0 radical (unpaired) electrons. The summed E-state index contributed by atoms with van der Waals surface area (Å²) in [6, 6.07) is 6.60. The van der Waals surface area contributed by atoms with Gasteiger partial charge < -0.3 is 5.32 Å². The van der Waals surface area contributed by atoms with Crippen molar-refractivity contribution in [2.24, 2.45) is 0 Å². The average molecular weight is 357 g/mol. The molecule has 0 aliphatic heterocycles. The lowest BCUT2D eigenvalue weighted by atomic mass is 10.2. The van der Waals surface area contributed by atoms with Gasteiger partial charge in [-0.1, -0.05) is 23.5 Å². The van der Waals surface area contributed by atoms with Gasteiger partial charge in [0.1, 0.15) is 5.01 Å². The van der Waals surface area contributed by atoms with Crippen molar-refractivity contribution in [1.29, 1.82) is 0 Å². The van der Waals surface area contributed by atoms with Gasteiger partial charge in [0.2, 0.25) is 11.0 Å². The van der Waals surface area contributed by atoms with Crippen LogP contribution in [0.3, 0.4) is 0 Å². The summed E-state index contributed by atoms with van der Waals surface area (Å²) >= 11 is 1.38. The van der Waals surface area contributed by atoms with Gasteiger partial charge in [-0.25, -0.2) is 4.68 Å². The summed E-state index contributed by atoms with van der Waals surface area (Å²) in [5, 5.41) is 15.3. The average Bonchev–Trinajstić information content (AvgIpc) is 3.37. The van der Waals surface area contributed by atoms with E-state index in [4.69, 9.17) is 0 Å². The second-order valence-corrected chi connectivity index (χ2v) is 6.97. The summed E-state index contributed by atoms with van der Waals surface area (Å²) in [5.41, 5.74) is -0.677. The molecular formula is C16H15N5O3S. The molecule has 2 N–H and O–H groups in total. The highest BCUT2D eigenvalue weighted by atomic mass is 32.1. The molecule has 1 aliphatic rings. The molecule has 1 amide bonds. The van der Waals surface area contributed by atoms with Gasteiger partial charge in [0.05, 0.1) is 17.3 Å². The smallest absolute Gasteiger partial charge is 0.273 e. The summed E-state index contributed by atoms with van der Waals surface area (Å²) in [6.07, 6.45) is 2.30. The van der Waals surface area contributed by atoms with Crippen molar-refractivity contribution in [2.75, 3.05) is 5.32 Å². The first kappa shape index (κ1) is 15.7. The quantitative estimate of drug-likeness (QED) is 0.718. The monoisotopic (exact) mass is 357 g/mol. The highest BCUT2D eigenvalue weighted by Gasteiger charge is 2.27. The van der Waals surface area contributed by atoms with Crippen molar-refractivity contribution in [3.8, 4) is 0 Å². The molecule has 2 heterocycles. The van der Waals surface area contributed by atoms with Crippen LogP contribution in [0.4, 0.5) is 5.13 Å². The lowest BCUT2D eigenvalue weighted by Crippen LogP contribution is -2.31. The van der Waals surface area contributed by atoms with E-state index in [9.17, 15) is 14.4 Å². The maximum absolute atomic E-state index is 12.4. The van der Waals surface area contributed by atoms with Crippen LogP contribution in [-0.4, -0.2) is 25.9 Å². The van der Waals surface area contributed by atoms with E-state index in [0.717, 1.165) is 17.8 Å². The Labute approximate surface area is 145 Å². The fourth-order valence-corrected chi connectivity index (χ4v) is 3.51. The number of hydrogen-bond acceptors (Lipinski definition) is 6. The summed E-state index contributed by atoms with van der Waals surface area (Å²) in [6.45, 7) is 0.0824. The largest absolute Gasteiger partial charge is 0.300 e. The molecule has 1 aliphatic carbocycles. The number of fused-ring (bicyclic) bond motifs is 1. The molecule has 4 rings (SSSR count). The number of rotatable bonds is 5. The molecular weight excluding hydrogens is 342 g/mol. The first-order chi connectivity index (χ1) is 12.1. The molecule has 8 nitrogen and oxygen atoms in total. The van der Waals surface area contributed by atoms with Crippen molar-refractivity contribution in [3.05, 3.63) is 50.0 Å². The highest BCUT2D eigenvalue weighted by Crippen LogP contribution is 2.42. The van der Waals surface area contributed by atoms with Crippen LogP contribution in [-0.2, 0) is 11.3 Å². The molecule has 2 aromatic heterocycles. The summed E-state index contributed by atoms with van der Waals surface area (Å²) in [4.78, 5) is 36.5. The summed E-state index contributed by atoms with van der Waals surface area (Å²) in [7, 11) is 0. The fraction of sp³-hybridized carbons (Fsp3) is 0.312. The lowest BCUT2D eigenvalue weighted by Gasteiger charge is -2.06. The molecule has 0 bridgehead atoms. The Morgan fingerprint density at radius 2 is 2.00 bits per heavy atom. The molecule has 0 atom stereocenters. The van der Waals surface area contributed by atoms with Crippen LogP contribution in [0.1, 0.15) is 30.2 Å². The van der Waals surface area contributed by atoms with E-state index in [1.54, 1.807) is 24.3 Å². The Morgan fingerprint density at radius 1 is 1.24 bits per heavy atom. The van der Waals surface area contributed by atoms with Crippen molar-refractivity contribution in [3.63, 3.8) is 0 Å². The first-order valence-electron chi connectivity index (χ1n) is 7.97. The molecule has 25 heavy (non-hydrogen) atoms. The minimum Gasteiger partial charge on any atom is -0.300 e. The van der Waals surface area contributed by atoms with Gasteiger partial charge in [-0.3, -0.25) is 19.5 Å². The molecule has 1 saturated carbocycles. The Morgan fingerprint density at radius 3 is 2.76 bits per heavy atom. The number of carbonyl (C=O) groups excluding carboxylic acids is 1. The van der Waals surface area contributed by atoms with Crippen molar-refractivity contribution in [1.82, 2.24) is 20.0 Å². The number of benzene rings is 1. The van der Waals surface area contributed by atoms with Crippen LogP contribution in [0.5, 0.6) is 0 Å². The van der Waals surface area contributed by atoms with Crippen LogP contribution in [0.2, 0.25) is 0 Å². The number of carbonyl (C=O) groups is 1. The maximum Gasteiger partial charge on any atom is 0.273 e. The third-order valence-corrected chi connectivity index (χ3v) is 5.06. The number of nitrogens with zero attached hydrogens (tertiary/aromatic N) is 3. The molecule has 0 spiro atoms. The van der Waals surface area contributed by atoms with E-state index in [-0.39, 0.29) is 30.0 Å². The molecule has 0 saturated heterocycles. The van der Waals surface area contributed by atoms with Gasteiger partial charge >= 0.3 is 0 Å². The van der Waals surface area contributed by atoms with Gasteiger partial charge in [0.25, 0.3) is 11.1 Å². The van der Waals surface area contributed by atoms with E-state index >= 15 is 0 Å². The zero-order chi connectivity index (χ0) is 17.4. The zero-order valence-electron chi connectivity index (χ0n) is 13.2. The minimum absolute atomic E-state index is 0.0481. The number of amides is 1. The summed E-state index contributed by atoms with van der Waals surface area (Å²) < 4.78 is 1.17. The number of aromatic amines is 1. The van der Waals surface area contributed by atoms with Gasteiger partial charge in [0, 0.05) is 12.3 Å². The Bertz CT molecular complexity index is 1060. The molecule has 1 aromatic carbocycles. The topological polar surface area (TPSA) is 110 Å². The number of anilines is 1. The number of H-pyrrole nitrogens is 1. The Hall–Kier alpha value is -2.81. The molecule has 128 valence electrons. The highest BCUT2D eigenvalue weighted by molar-refractivity contribution is 7.15. The lowest BCUT2D eigenvalue weighted by molar-refractivity contribution is -0.116. The van der Waals surface area contributed by atoms with E-state index in [1.807, 2.05) is 0 Å². The predicted octanol–water partition coefficient (Wildman–Crippen LogP) is 1.45. The van der Waals surface area contributed by atoms with Crippen LogP contribution >= 0.6 is 11.3 Å². The van der Waals surface area contributed by atoms with Gasteiger partial charge in [-0.15, -0.1) is 10.2 Å². The Kier molecular flexibility index (Phi) is 3.92. The SMILES string of the molecule is O=C(CCn1[nH]c(=O)c2ccccc2c1=O)Nc1nnc(C2CC2)s1. The summed E-state index contributed by atoms with van der Waals surface area (Å²) in [5.74, 6) is 0.212. The van der Waals surface area contributed by atoms with Crippen molar-refractivity contribution in [2.45, 2.75) is 31.7 Å². The standard InChI is InChI=1S/C16H15N5O3S/c22-12(17-16-19-18-14(25-16)9-5-6-9)7-8-21-15(24)11-4-2-1-3-10(11)13(23)20-21/h1-4,9H,5-8H2,(H,20,23)(H,17,19,22). The molecule has 1 fully saturated rings. The Balaban J connectivity index is 1.46. The number of aryl methyl sites for hydroxylation is 1. The molecule has 9 heteroatoms. The first-order valence-corrected chi connectivity index (χ1v) is 8.78. The van der Waals surface area contributed by atoms with Crippen LogP contribution in [0.25, 0.3) is 10.8 Å². The molecule has 0 unspecified atom stereocenters. The van der Waals surface area contributed by atoms with Crippen LogP contribution < -0.4 is 16.4 Å². The number of nitrogens with one attached hydrogen (secondary N) is 2. The van der Waals surface area contributed by atoms with E-state index in [1.165, 1.54) is 16.0 Å². The van der Waals surface area contributed by atoms with Gasteiger partial charge in [-0.05, 0) is 25.0 Å². The zero-order valence-corrected chi connectivity index (χ0v) is 14.0. The third kappa shape index (κ3) is 3.22. The predicted molar refractivity (Wildman–Crippen MR) is 94.0 cm³/mol. The van der Waals surface area contributed by atoms with Crippen LogP contribution in [0, 0.1) is 0 Å². The normalized spacial score (nSPS) is 13.9. The molecule has 3 aromatic rings. The van der Waals surface area contributed by atoms with E-state index in [2.05, 4.69) is 20.6 Å². The second-order valence-electron chi connectivity index (χ2n) is 5.96. The van der Waals surface area contributed by atoms with Gasteiger partial charge in [0.15, 0.2) is 0 Å². The maximum atomic E-state index is 12.4. The number of aromatic nitrogens is 4. The van der Waals surface area contributed by atoms with Crippen molar-refractivity contribution >= 4 is 33.1 Å². The second kappa shape index (κ2) is 6.25. The third-order valence-electron chi connectivity index (χ3n) is 4.06. The van der Waals surface area contributed by atoms with Crippen molar-refractivity contribution < 1.29 is 4.79 Å². The minimum atomic E-state index is -0.353. The van der Waals surface area contributed by atoms with E-state index < -0.39 is 0 Å². The fourth-order valence-electron chi connectivity index (χ4n) is 2.58. The number of hydrogen-bond donors (Lipinski definition) is 2. The van der Waals surface area contributed by atoms with E-state index in [0.29, 0.717) is 21.8 Å². The van der Waals surface area contributed by atoms with Crippen LogP contribution in [0.15, 0.2) is 33.9 Å². The van der Waals surface area contributed by atoms with Gasteiger partial charge in [-0.2, -0.15) is 0 Å².